The molecular formula is C31H41ClN2O5S. The third kappa shape index (κ3) is 5.35. The molecule has 3 aliphatic rings. The van der Waals surface area contributed by atoms with Crippen LogP contribution in [0.1, 0.15) is 57.4 Å². The second-order valence-electron chi connectivity index (χ2n) is 11.3. The van der Waals surface area contributed by atoms with E-state index in [2.05, 4.69) is 13.2 Å². The van der Waals surface area contributed by atoms with Crippen molar-refractivity contribution in [3.05, 3.63) is 54.1 Å². The van der Waals surface area contributed by atoms with E-state index in [0.717, 1.165) is 24.8 Å². The highest BCUT2D eigenvalue weighted by molar-refractivity contribution is 8.02. The lowest BCUT2D eigenvalue weighted by atomic mass is 9.66. The molecule has 2 bridgehead atoms. The van der Waals surface area contributed by atoms with Crippen molar-refractivity contribution in [3.63, 3.8) is 0 Å². The maximum atomic E-state index is 14.7. The molecule has 9 heteroatoms. The minimum atomic E-state index is -0.740. The van der Waals surface area contributed by atoms with Gasteiger partial charge < -0.3 is 19.6 Å². The van der Waals surface area contributed by atoms with Crippen molar-refractivity contribution >= 4 is 46.8 Å². The van der Waals surface area contributed by atoms with Crippen molar-refractivity contribution < 1.29 is 24.2 Å². The van der Waals surface area contributed by atoms with Crippen molar-refractivity contribution in [2.24, 2.45) is 11.8 Å². The number of aryl methyl sites for hydroxylation is 1. The maximum absolute atomic E-state index is 14.7. The predicted octanol–water partition coefficient (Wildman–Crippen LogP) is 5.32. The molecule has 40 heavy (non-hydrogen) atoms. The lowest BCUT2D eigenvalue weighted by molar-refractivity contribution is -0.155. The summed E-state index contributed by atoms with van der Waals surface area (Å²) < 4.78 is 4.42. The van der Waals surface area contributed by atoms with Gasteiger partial charge in [-0.05, 0) is 57.6 Å². The normalized spacial score (nSPS) is 28.4. The Balaban J connectivity index is 1.74. The fourth-order valence-electron chi connectivity index (χ4n) is 6.92. The van der Waals surface area contributed by atoms with Gasteiger partial charge in [0.05, 0.1) is 33.9 Å². The molecule has 5 atom stereocenters. The molecule has 3 fully saturated rings. The maximum Gasteiger partial charge on any atom is 0.311 e. The lowest BCUT2D eigenvalue weighted by Crippen LogP contribution is -2.55. The number of benzene rings is 1. The van der Waals surface area contributed by atoms with Crippen LogP contribution in [0.3, 0.4) is 0 Å². The van der Waals surface area contributed by atoms with Gasteiger partial charge in [-0.1, -0.05) is 48.7 Å². The number of rotatable bonds is 14. The summed E-state index contributed by atoms with van der Waals surface area (Å²) >= 11 is 8.28. The van der Waals surface area contributed by atoms with Crippen LogP contribution >= 0.6 is 23.4 Å². The van der Waals surface area contributed by atoms with Crippen molar-refractivity contribution in [2.75, 3.05) is 31.2 Å². The molecule has 1 spiro atoms. The van der Waals surface area contributed by atoms with Crippen molar-refractivity contribution in [2.45, 2.75) is 74.3 Å². The Morgan fingerprint density at radius 2 is 1.98 bits per heavy atom. The summed E-state index contributed by atoms with van der Waals surface area (Å²) in [5.74, 6) is -1.95. The highest BCUT2D eigenvalue weighted by Gasteiger charge is 2.77. The SMILES string of the molecule is C=CCCOC(=O)[C@@H]1[C@H]2C(=O)N(CCCCCCO)C(C(=O)N(CC=C)c3c(C)cccc3Cl)C23CC[C@@]1(C)S3. The van der Waals surface area contributed by atoms with Crippen molar-refractivity contribution in [1.82, 2.24) is 4.90 Å². The van der Waals surface area contributed by atoms with E-state index in [9.17, 15) is 19.5 Å². The quantitative estimate of drug-likeness (QED) is 0.180. The van der Waals surface area contributed by atoms with Crippen LogP contribution in [0.4, 0.5) is 5.69 Å². The summed E-state index contributed by atoms with van der Waals surface area (Å²) in [5, 5.41) is 9.64. The van der Waals surface area contributed by atoms with E-state index in [0.29, 0.717) is 42.9 Å². The highest BCUT2D eigenvalue weighted by Crippen LogP contribution is 2.71. The number of carbonyl (C=O) groups excluding carboxylic acids is 3. The Bertz CT molecular complexity index is 1140. The van der Waals surface area contributed by atoms with Crippen LogP contribution in [-0.4, -0.2) is 69.6 Å². The Labute approximate surface area is 246 Å². The minimum Gasteiger partial charge on any atom is -0.465 e. The van der Waals surface area contributed by atoms with Crippen LogP contribution in [-0.2, 0) is 19.1 Å². The number of ether oxygens (including phenoxy) is 1. The van der Waals surface area contributed by atoms with E-state index >= 15 is 0 Å². The zero-order valence-corrected chi connectivity index (χ0v) is 25.1. The summed E-state index contributed by atoms with van der Waals surface area (Å²) in [4.78, 5) is 45.8. The summed E-state index contributed by atoms with van der Waals surface area (Å²) in [5.41, 5.74) is 1.48. The summed E-state index contributed by atoms with van der Waals surface area (Å²) in [7, 11) is 0. The first-order valence-corrected chi connectivity index (χ1v) is 15.4. The summed E-state index contributed by atoms with van der Waals surface area (Å²) in [6, 6.07) is 4.79. The van der Waals surface area contributed by atoms with Crippen LogP contribution < -0.4 is 4.90 Å². The number of aliphatic hydroxyl groups excluding tert-OH is 1. The minimum absolute atomic E-state index is 0.132. The largest absolute Gasteiger partial charge is 0.465 e. The second-order valence-corrected chi connectivity index (χ2v) is 13.6. The number of nitrogens with zero attached hydrogens (tertiary/aromatic N) is 2. The number of aliphatic hydroxyl groups is 1. The number of fused-ring (bicyclic) bond motifs is 1. The molecule has 2 unspecified atom stereocenters. The number of likely N-dealkylation sites (tertiary alicyclic amines) is 1. The molecule has 7 nitrogen and oxygen atoms in total. The Morgan fingerprint density at radius 3 is 2.65 bits per heavy atom. The number of amides is 2. The molecule has 2 amide bonds. The number of hydrogen-bond acceptors (Lipinski definition) is 6. The highest BCUT2D eigenvalue weighted by atomic mass is 35.5. The van der Waals surface area contributed by atoms with E-state index in [1.54, 1.807) is 39.8 Å². The molecule has 0 aromatic heterocycles. The van der Waals surface area contributed by atoms with Crippen LogP contribution in [0.15, 0.2) is 43.5 Å². The standard InChI is InChI=1S/C31H41ClN2O5S/c1-5-7-20-39-29(38)24-23-27(36)34(18-10-8-9-11-19-35)26(31(23)16-15-30(24,4)40-31)28(37)33(17-6-2)25-21(3)13-12-14-22(25)32/h5-6,12-14,23-24,26,35H,1-2,7-11,15-20H2,3-4H3/t23-,24-,26?,30+,31?/m0/s1. The number of carbonyl (C=O) groups is 3. The number of unbranched alkanes of at least 4 members (excludes halogenated alkanes) is 3. The number of esters is 1. The Kier molecular flexibility index (Phi) is 9.74. The van der Waals surface area contributed by atoms with Crippen molar-refractivity contribution in [1.29, 1.82) is 0 Å². The van der Waals surface area contributed by atoms with Gasteiger partial charge in [0.25, 0.3) is 5.91 Å². The zero-order chi connectivity index (χ0) is 29.1. The molecule has 1 aromatic rings. The van der Waals surface area contributed by atoms with Gasteiger partial charge >= 0.3 is 5.97 Å². The third-order valence-corrected chi connectivity index (χ3v) is 11.0. The average Bonchev–Trinajstić information content (AvgIpc) is 3.48. The van der Waals surface area contributed by atoms with Crippen LogP contribution in [0.25, 0.3) is 0 Å². The molecule has 1 N–H and O–H groups in total. The third-order valence-electron chi connectivity index (χ3n) is 8.67. The molecule has 1 aromatic carbocycles. The van der Waals surface area contributed by atoms with Crippen molar-refractivity contribution in [3.8, 4) is 0 Å². The number of thioether (sulfide) groups is 1. The predicted molar refractivity (Wildman–Crippen MR) is 161 cm³/mol. The van der Waals surface area contributed by atoms with Gasteiger partial charge in [-0.25, -0.2) is 0 Å². The fraction of sp³-hybridized carbons (Fsp3) is 0.581. The molecule has 0 radical (unpaired) electrons. The molecule has 4 rings (SSSR count). The molecule has 3 saturated heterocycles. The van der Waals surface area contributed by atoms with Gasteiger partial charge in [0.2, 0.25) is 5.91 Å². The lowest BCUT2D eigenvalue weighted by Gasteiger charge is -2.37. The first-order chi connectivity index (χ1) is 19.2. The summed E-state index contributed by atoms with van der Waals surface area (Å²) in [6.45, 7) is 12.6. The number of anilines is 1. The zero-order valence-electron chi connectivity index (χ0n) is 23.6. The van der Waals surface area contributed by atoms with E-state index in [-0.39, 0.29) is 37.5 Å². The Morgan fingerprint density at radius 1 is 1.23 bits per heavy atom. The number of hydrogen-bond donors (Lipinski definition) is 1. The van der Waals surface area contributed by atoms with Gasteiger partial charge in [-0.15, -0.1) is 24.9 Å². The first kappa shape index (κ1) is 30.7. The van der Waals surface area contributed by atoms with E-state index < -0.39 is 27.4 Å². The van der Waals surface area contributed by atoms with Gasteiger partial charge in [0.1, 0.15) is 6.04 Å². The molecular weight excluding hydrogens is 548 g/mol. The number of para-hydroxylation sites is 1. The monoisotopic (exact) mass is 588 g/mol. The van der Waals surface area contributed by atoms with Gasteiger partial charge in [-0.3, -0.25) is 14.4 Å². The Hall–Kier alpha value is -2.29. The van der Waals surface area contributed by atoms with Crippen LogP contribution in [0, 0.1) is 18.8 Å². The van der Waals surface area contributed by atoms with Crippen LogP contribution in [0.5, 0.6) is 0 Å². The average molecular weight is 589 g/mol. The van der Waals surface area contributed by atoms with Crippen LogP contribution in [0.2, 0.25) is 5.02 Å². The van der Waals surface area contributed by atoms with Gasteiger partial charge in [-0.2, -0.15) is 0 Å². The molecule has 218 valence electrons. The smallest absolute Gasteiger partial charge is 0.311 e. The first-order valence-electron chi connectivity index (χ1n) is 14.2. The second kappa shape index (κ2) is 12.7. The van der Waals surface area contributed by atoms with E-state index in [1.165, 1.54) is 0 Å². The van der Waals surface area contributed by atoms with Gasteiger partial charge in [0.15, 0.2) is 0 Å². The molecule has 0 saturated carbocycles. The van der Waals surface area contributed by atoms with E-state index in [4.69, 9.17) is 16.3 Å². The fourth-order valence-corrected chi connectivity index (χ4v) is 9.58. The molecule has 3 heterocycles. The molecule has 0 aliphatic carbocycles. The van der Waals surface area contributed by atoms with E-state index in [1.807, 2.05) is 26.0 Å². The van der Waals surface area contributed by atoms with Gasteiger partial charge in [0, 0.05) is 24.4 Å². The number of halogens is 1. The molecule has 3 aliphatic heterocycles. The summed E-state index contributed by atoms with van der Waals surface area (Å²) in [6.07, 6.45) is 8.40. The topological polar surface area (TPSA) is 87.1 Å².